The molecule has 0 saturated carbocycles. The van der Waals surface area contributed by atoms with Crippen LogP contribution in [0.2, 0.25) is 0 Å². The summed E-state index contributed by atoms with van der Waals surface area (Å²) in [4.78, 5) is 0. The van der Waals surface area contributed by atoms with Crippen LogP contribution in [0.25, 0.3) is 0 Å². The first-order valence-corrected chi connectivity index (χ1v) is 12.6. The van der Waals surface area contributed by atoms with Crippen molar-refractivity contribution < 1.29 is 9.47 Å². The number of rotatable bonds is 22. The number of unbranched alkanes of at least 4 members (excludes halogenated alkanes) is 15. The molecule has 0 saturated heterocycles. The molecule has 0 aromatic carbocycles. The Bertz CT molecular complexity index is 248. The highest BCUT2D eigenvalue weighted by atomic mass is 79.9. The van der Waals surface area contributed by atoms with Gasteiger partial charge >= 0.3 is 0 Å². The summed E-state index contributed by atoms with van der Waals surface area (Å²) in [6.45, 7) is 3.92. The van der Waals surface area contributed by atoms with Crippen molar-refractivity contribution in [2.45, 2.75) is 122 Å². The lowest BCUT2D eigenvalue weighted by Crippen LogP contribution is -2.19. The summed E-state index contributed by atoms with van der Waals surface area (Å²) in [6.07, 6.45) is 23.9. The summed E-state index contributed by atoms with van der Waals surface area (Å²) in [5.74, 6) is 0. The zero-order valence-corrected chi connectivity index (χ0v) is 19.5. The Hall–Kier alpha value is 0.400. The van der Waals surface area contributed by atoms with Gasteiger partial charge in [-0.2, -0.15) is 0 Å². The van der Waals surface area contributed by atoms with Gasteiger partial charge in [0.15, 0.2) is 0 Å². The van der Waals surface area contributed by atoms with Crippen molar-refractivity contribution in [2.75, 3.05) is 25.7 Å². The SMILES string of the molecule is CCCCCCCCCCCCCCCCCCOC[C@H](CCBr)OC. The van der Waals surface area contributed by atoms with Crippen molar-refractivity contribution in [1.29, 1.82) is 0 Å². The fraction of sp³-hybridized carbons (Fsp3) is 1.00. The third-order valence-corrected chi connectivity index (χ3v) is 5.67. The number of alkyl halides is 1. The predicted molar refractivity (Wildman–Crippen MR) is 120 cm³/mol. The maximum atomic E-state index is 5.71. The maximum Gasteiger partial charge on any atom is 0.0812 e. The summed E-state index contributed by atoms with van der Waals surface area (Å²) in [5, 5.41) is 0.980. The van der Waals surface area contributed by atoms with Crippen LogP contribution in [-0.4, -0.2) is 31.8 Å². The molecule has 0 spiro atoms. The van der Waals surface area contributed by atoms with Crippen LogP contribution in [0.4, 0.5) is 0 Å². The van der Waals surface area contributed by atoms with Gasteiger partial charge in [0, 0.05) is 19.0 Å². The lowest BCUT2D eigenvalue weighted by Gasteiger charge is -2.14. The average molecular weight is 436 g/mol. The average Bonchev–Trinajstić information content (AvgIpc) is 2.66. The highest BCUT2D eigenvalue weighted by Crippen LogP contribution is 2.13. The van der Waals surface area contributed by atoms with Crippen LogP contribution in [0, 0.1) is 0 Å². The lowest BCUT2D eigenvalue weighted by atomic mass is 10.0. The van der Waals surface area contributed by atoms with E-state index < -0.39 is 0 Å². The van der Waals surface area contributed by atoms with Crippen molar-refractivity contribution in [2.24, 2.45) is 0 Å². The fourth-order valence-corrected chi connectivity index (χ4v) is 3.87. The third kappa shape index (κ3) is 20.7. The molecule has 2 nitrogen and oxygen atoms in total. The summed E-state index contributed by atoms with van der Waals surface area (Å²) in [7, 11) is 1.77. The zero-order valence-electron chi connectivity index (χ0n) is 17.9. The van der Waals surface area contributed by atoms with Gasteiger partial charge < -0.3 is 9.47 Å². The number of hydrogen-bond acceptors (Lipinski definition) is 2. The van der Waals surface area contributed by atoms with E-state index in [1.807, 2.05) is 0 Å². The van der Waals surface area contributed by atoms with Gasteiger partial charge in [-0.3, -0.25) is 0 Å². The quantitative estimate of drug-likeness (QED) is 0.126. The molecule has 0 aliphatic carbocycles. The van der Waals surface area contributed by atoms with Gasteiger partial charge in [-0.25, -0.2) is 0 Å². The molecule has 0 aliphatic rings. The number of ether oxygens (including phenoxy) is 2. The normalized spacial score (nSPS) is 12.6. The number of halogens is 1. The Morgan fingerprint density at radius 1 is 0.654 bits per heavy atom. The first-order valence-electron chi connectivity index (χ1n) is 11.5. The molecule has 1 atom stereocenters. The molecule has 0 bridgehead atoms. The molecule has 0 unspecified atom stereocenters. The highest BCUT2D eigenvalue weighted by molar-refractivity contribution is 9.09. The predicted octanol–water partition coefficient (Wildman–Crippen LogP) is 8.06. The van der Waals surface area contributed by atoms with Crippen LogP contribution in [0.1, 0.15) is 116 Å². The van der Waals surface area contributed by atoms with E-state index in [1.54, 1.807) is 7.11 Å². The fourth-order valence-electron chi connectivity index (χ4n) is 3.36. The van der Waals surface area contributed by atoms with Gasteiger partial charge in [0.1, 0.15) is 0 Å². The van der Waals surface area contributed by atoms with Crippen LogP contribution in [0.3, 0.4) is 0 Å². The minimum atomic E-state index is 0.246. The van der Waals surface area contributed by atoms with Gasteiger partial charge in [0.05, 0.1) is 12.7 Å². The van der Waals surface area contributed by atoms with Crippen molar-refractivity contribution in [3.05, 3.63) is 0 Å². The van der Waals surface area contributed by atoms with Crippen LogP contribution in [0.5, 0.6) is 0 Å². The second-order valence-electron chi connectivity index (χ2n) is 7.71. The standard InChI is InChI=1S/C23H47BrO2/c1-3-4-5-6-7-8-9-10-11-12-13-14-15-16-17-18-21-26-22-23(25-2)19-20-24/h23H,3-22H2,1-2H3/t23-/m0/s1. The molecule has 0 aromatic heterocycles. The molecular weight excluding hydrogens is 388 g/mol. The van der Waals surface area contributed by atoms with E-state index in [1.165, 1.54) is 103 Å². The second kappa shape index (κ2) is 23.4. The van der Waals surface area contributed by atoms with Gasteiger partial charge in [-0.1, -0.05) is 119 Å². The minimum absolute atomic E-state index is 0.246. The molecule has 0 aromatic rings. The lowest BCUT2D eigenvalue weighted by molar-refractivity contribution is 0.00657. The van der Waals surface area contributed by atoms with Crippen molar-refractivity contribution in [3.8, 4) is 0 Å². The minimum Gasteiger partial charge on any atom is -0.379 e. The Morgan fingerprint density at radius 2 is 1.08 bits per heavy atom. The van der Waals surface area contributed by atoms with Gasteiger partial charge in [0.25, 0.3) is 0 Å². The maximum absolute atomic E-state index is 5.71. The van der Waals surface area contributed by atoms with Crippen LogP contribution in [0.15, 0.2) is 0 Å². The molecule has 0 heterocycles. The van der Waals surface area contributed by atoms with E-state index in [4.69, 9.17) is 9.47 Å². The van der Waals surface area contributed by atoms with Gasteiger partial charge in [-0.15, -0.1) is 0 Å². The van der Waals surface area contributed by atoms with E-state index >= 15 is 0 Å². The Kier molecular flexibility index (Phi) is 23.8. The molecule has 0 rings (SSSR count). The Labute approximate surface area is 173 Å². The zero-order chi connectivity index (χ0) is 19.1. The Morgan fingerprint density at radius 3 is 1.46 bits per heavy atom. The second-order valence-corrected chi connectivity index (χ2v) is 8.51. The Balaban J connectivity index is 3.07. The molecule has 0 N–H and O–H groups in total. The van der Waals surface area contributed by atoms with Crippen LogP contribution < -0.4 is 0 Å². The number of methoxy groups -OCH3 is 1. The highest BCUT2D eigenvalue weighted by Gasteiger charge is 2.05. The molecule has 0 amide bonds. The van der Waals surface area contributed by atoms with E-state index in [-0.39, 0.29) is 6.10 Å². The smallest absolute Gasteiger partial charge is 0.0812 e. The van der Waals surface area contributed by atoms with E-state index in [2.05, 4.69) is 22.9 Å². The number of hydrogen-bond donors (Lipinski definition) is 0. The first kappa shape index (κ1) is 26.4. The summed E-state index contributed by atoms with van der Waals surface area (Å²) in [5.41, 5.74) is 0. The molecule has 3 heteroatoms. The molecule has 26 heavy (non-hydrogen) atoms. The molecule has 158 valence electrons. The van der Waals surface area contributed by atoms with Crippen LogP contribution in [-0.2, 0) is 9.47 Å². The summed E-state index contributed by atoms with van der Waals surface area (Å²) >= 11 is 3.45. The van der Waals surface area contributed by atoms with E-state index in [0.29, 0.717) is 0 Å². The largest absolute Gasteiger partial charge is 0.379 e. The first-order chi connectivity index (χ1) is 12.8. The summed E-state index contributed by atoms with van der Waals surface area (Å²) in [6, 6.07) is 0. The molecule has 0 aliphatic heterocycles. The van der Waals surface area contributed by atoms with Gasteiger partial charge in [0.2, 0.25) is 0 Å². The molecule has 0 fully saturated rings. The molecule has 0 radical (unpaired) electrons. The van der Waals surface area contributed by atoms with Gasteiger partial charge in [-0.05, 0) is 12.8 Å². The topological polar surface area (TPSA) is 18.5 Å². The summed E-state index contributed by atoms with van der Waals surface area (Å²) < 4.78 is 11.1. The van der Waals surface area contributed by atoms with Crippen molar-refractivity contribution >= 4 is 15.9 Å². The van der Waals surface area contributed by atoms with Crippen LogP contribution >= 0.6 is 15.9 Å². The van der Waals surface area contributed by atoms with Crippen molar-refractivity contribution in [3.63, 3.8) is 0 Å². The van der Waals surface area contributed by atoms with E-state index in [0.717, 1.165) is 25.0 Å². The molecular formula is C23H47BrO2. The third-order valence-electron chi connectivity index (χ3n) is 5.21. The van der Waals surface area contributed by atoms with Crippen molar-refractivity contribution in [1.82, 2.24) is 0 Å². The van der Waals surface area contributed by atoms with E-state index in [9.17, 15) is 0 Å². The monoisotopic (exact) mass is 434 g/mol.